The number of dihydropyridines is 1. The van der Waals surface area contributed by atoms with Crippen LogP contribution < -0.4 is 20.1 Å². The Bertz CT molecular complexity index is 2180. The summed E-state index contributed by atoms with van der Waals surface area (Å²) < 4.78 is 16.2. The zero-order chi connectivity index (χ0) is 29.7. The van der Waals surface area contributed by atoms with E-state index in [-0.39, 0.29) is 0 Å². The number of para-hydroxylation sites is 2. The lowest BCUT2D eigenvalue weighted by Gasteiger charge is -2.25. The van der Waals surface area contributed by atoms with Crippen LogP contribution in [0.4, 0.5) is 0 Å². The number of aromatic nitrogens is 1. The van der Waals surface area contributed by atoms with Gasteiger partial charge in [-0.1, -0.05) is 54.6 Å². The molecule has 1 aliphatic carbocycles. The third kappa shape index (κ3) is 4.31. The van der Waals surface area contributed by atoms with Gasteiger partial charge in [0.25, 0.3) is 0 Å². The highest BCUT2D eigenvalue weighted by Gasteiger charge is 2.25. The molecule has 5 aromatic rings. The Morgan fingerprint density at radius 1 is 0.689 bits per heavy atom. The van der Waals surface area contributed by atoms with Gasteiger partial charge in [-0.3, -0.25) is 0 Å². The molecule has 1 aromatic heterocycles. The Balaban J connectivity index is 1.28. The summed E-state index contributed by atoms with van der Waals surface area (Å²) in [6, 6.07) is 30.1. The molecule has 5 heteroatoms. The maximum Gasteiger partial charge on any atom is 0.137 e. The summed E-state index contributed by atoms with van der Waals surface area (Å²) in [5, 5.41) is 8.00. The van der Waals surface area contributed by atoms with E-state index in [1.807, 2.05) is 24.5 Å². The van der Waals surface area contributed by atoms with Crippen molar-refractivity contribution in [3.63, 3.8) is 0 Å². The van der Waals surface area contributed by atoms with Crippen LogP contribution in [0, 0.1) is 0 Å². The zero-order valence-corrected chi connectivity index (χ0v) is 24.7. The molecule has 4 aliphatic rings. The highest BCUT2D eigenvalue weighted by Crippen LogP contribution is 2.46. The van der Waals surface area contributed by atoms with Crippen LogP contribution in [-0.4, -0.2) is 11.1 Å². The van der Waals surface area contributed by atoms with Crippen LogP contribution in [0.3, 0.4) is 0 Å². The Labute approximate surface area is 262 Å². The molecule has 0 amide bonds. The van der Waals surface area contributed by atoms with Gasteiger partial charge in [0.05, 0.1) is 17.8 Å². The molecule has 3 aliphatic heterocycles. The lowest BCUT2D eigenvalue weighted by atomic mass is 9.94. The van der Waals surface area contributed by atoms with Gasteiger partial charge in [0.15, 0.2) is 0 Å². The topological polar surface area (TPSA) is 47.5 Å². The molecule has 0 unspecified atom stereocenters. The maximum atomic E-state index is 6.98. The monoisotopic (exact) mass is 585 g/mol. The second-order valence-electron chi connectivity index (χ2n) is 11.7. The minimum absolute atomic E-state index is 0.755. The number of nitrogens with zero attached hydrogens (tertiary/aromatic N) is 1. The number of hydrogen-bond donors (Lipinski definition) is 2. The van der Waals surface area contributed by atoms with Crippen molar-refractivity contribution in [2.75, 3.05) is 6.54 Å². The molecule has 218 valence electrons. The van der Waals surface area contributed by atoms with Gasteiger partial charge in [-0.15, -0.1) is 0 Å². The summed E-state index contributed by atoms with van der Waals surface area (Å²) in [7, 11) is 0. The molecule has 0 bridgehead atoms. The highest BCUT2D eigenvalue weighted by molar-refractivity contribution is 5.93. The number of rotatable bonds is 2. The molecule has 45 heavy (non-hydrogen) atoms. The largest absolute Gasteiger partial charge is 0.456 e. The molecule has 2 N–H and O–H groups in total. The molecule has 0 atom stereocenters. The average Bonchev–Trinajstić information content (AvgIpc) is 3.44. The minimum atomic E-state index is 0.755. The van der Waals surface area contributed by atoms with E-state index in [9.17, 15) is 0 Å². The van der Waals surface area contributed by atoms with Crippen molar-refractivity contribution in [1.29, 1.82) is 0 Å². The molecule has 0 fully saturated rings. The van der Waals surface area contributed by atoms with Crippen molar-refractivity contribution >= 4 is 28.1 Å². The lowest BCUT2D eigenvalue weighted by Crippen LogP contribution is -2.13. The van der Waals surface area contributed by atoms with E-state index in [0.29, 0.717) is 0 Å². The van der Waals surface area contributed by atoms with Crippen LogP contribution in [0.2, 0.25) is 0 Å². The molecule has 0 saturated heterocycles. The first-order chi connectivity index (χ1) is 22.3. The Morgan fingerprint density at radius 3 is 2.47 bits per heavy atom. The molecule has 5 nitrogen and oxygen atoms in total. The fraction of sp³-hybridized carbons (Fsp3) is 0.100. The predicted octanol–water partition coefficient (Wildman–Crippen LogP) is 9.12. The Kier molecular flexibility index (Phi) is 6.01. The van der Waals surface area contributed by atoms with E-state index in [4.69, 9.17) is 9.47 Å². The van der Waals surface area contributed by atoms with Crippen LogP contribution >= 0.6 is 0 Å². The second kappa shape index (κ2) is 10.5. The fourth-order valence-corrected chi connectivity index (χ4v) is 6.96. The van der Waals surface area contributed by atoms with Gasteiger partial charge >= 0.3 is 0 Å². The molecule has 4 heterocycles. The van der Waals surface area contributed by atoms with E-state index in [2.05, 4.69) is 118 Å². The number of fused-ring (bicyclic) bond motifs is 8. The zero-order valence-electron chi connectivity index (χ0n) is 24.7. The van der Waals surface area contributed by atoms with Crippen molar-refractivity contribution in [3.05, 3.63) is 150 Å². The van der Waals surface area contributed by atoms with Gasteiger partial charge < -0.3 is 24.7 Å². The average molecular weight is 586 g/mol. The summed E-state index contributed by atoms with van der Waals surface area (Å²) in [5.74, 6) is 3.31. The Morgan fingerprint density at radius 2 is 1.53 bits per heavy atom. The standard InChI is InChI=1S/C40H31N3O2/c1-4-12-35-29(9-1)30-19-21-42-25-36(30)43(35)28-16-18-34-33-17-15-26(27-8-7-20-41-24-27)22-39(33)44-37-13-5-2-10-31(37)32-11-3-6-14-38(32)45-40(34)23-28/h1,3-9,11-23,41-42H,2,10,24-25H2. The number of benzene rings is 4. The quantitative estimate of drug-likeness (QED) is 0.217. The first-order valence-electron chi connectivity index (χ1n) is 15.6. The molecule has 0 spiro atoms. The third-order valence-electron chi connectivity index (χ3n) is 9.10. The second-order valence-corrected chi connectivity index (χ2v) is 11.7. The first kappa shape index (κ1) is 25.8. The van der Waals surface area contributed by atoms with Crippen LogP contribution in [0.25, 0.3) is 44.9 Å². The molecule has 4 aromatic carbocycles. The number of hydrogen-bond acceptors (Lipinski definition) is 4. The highest BCUT2D eigenvalue weighted by atomic mass is 16.5. The molecule has 0 radical (unpaired) electrons. The van der Waals surface area contributed by atoms with Crippen molar-refractivity contribution in [3.8, 4) is 34.1 Å². The van der Waals surface area contributed by atoms with Crippen molar-refractivity contribution < 1.29 is 9.47 Å². The Hall–Kier alpha value is -5.68. The summed E-state index contributed by atoms with van der Waals surface area (Å²) in [4.78, 5) is 0. The van der Waals surface area contributed by atoms with Gasteiger partial charge in [0.2, 0.25) is 0 Å². The predicted molar refractivity (Wildman–Crippen MR) is 182 cm³/mol. The lowest BCUT2D eigenvalue weighted by molar-refractivity contribution is 0.439. The molecule has 9 rings (SSSR count). The van der Waals surface area contributed by atoms with Gasteiger partial charge in [0, 0.05) is 51.5 Å². The molecular formula is C40H31N3O2. The normalized spacial score (nSPS) is 16.1. The van der Waals surface area contributed by atoms with E-state index >= 15 is 0 Å². The maximum absolute atomic E-state index is 6.98. The fourth-order valence-electron chi connectivity index (χ4n) is 6.96. The molecule has 0 saturated carbocycles. The first-order valence-corrected chi connectivity index (χ1v) is 15.6. The van der Waals surface area contributed by atoms with Crippen molar-refractivity contribution in [1.82, 2.24) is 15.2 Å². The summed E-state index contributed by atoms with van der Waals surface area (Å²) in [6.07, 6.45) is 16.6. The smallest absolute Gasteiger partial charge is 0.137 e. The summed E-state index contributed by atoms with van der Waals surface area (Å²) in [5.41, 5.74) is 11.3. The van der Waals surface area contributed by atoms with Crippen LogP contribution in [0.1, 0.15) is 35.2 Å². The SMILES string of the molecule is C1=CNCC(c2ccc3c(c2)OC2=C(CCC=C2)c2ccccc2Oc2cc(-n4c5c(c6ccccc64)C=CNC5)ccc2-3)=C1. The summed E-state index contributed by atoms with van der Waals surface area (Å²) in [6.45, 7) is 1.53. The number of nitrogens with one attached hydrogen (secondary N) is 2. The van der Waals surface area contributed by atoms with E-state index in [1.165, 1.54) is 27.7 Å². The third-order valence-corrected chi connectivity index (χ3v) is 9.10. The number of allylic oxidation sites excluding steroid dienone is 5. The van der Waals surface area contributed by atoms with Crippen LogP contribution in [0.5, 0.6) is 17.2 Å². The van der Waals surface area contributed by atoms with Gasteiger partial charge in [-0.05, 0) is 91.0 Å². The van der Waals surface area contributed by atoms with Gasteiger partial charge in [0.1, 0.15) is 23.0 Å². The molecular weight excluding hydrogens is 554 g/mol. The van der Waals surface area contributed by atoms with Crippen LogP contribution in [0.15, 0.2) is 127 Å². The van der Waals surface area contributed by atoms with Gasteiger partial charge in [-0.2, -0.15) is 0 Å². The van der Waals surface area contributed by atoms with E-state index in [0.717, 1.165) is 82.5 Å². The summed E-state index contributed by atoms with van der Waals surface area (Å²) >= 11 is 0. The van der Waals surface area contributed by atoms with Crippen molar-refractivity contribution in [2.24, 2.45) is 0 Å². The van der Waals surface area contributed by atoms with E-state index < -0.39 is 0 Å². The van der Waals surface area contributed by atoms with E-state index in [1.54, 1.807) is 0 Å². The minimum Gasteiger partial charge on any atom is -0.456 e. The van der Waals surface area contributed by atoms with Crippen LogP contribution in [-0.2, 0) is 6.54 Å². The number of ether oxygens (including phenoxy) is 2. The van der Waals surface area contributed by atoms with Crippen molar-refractivity contribution in [2.45, 2.75) is 19.4 Å². The van der Waals surface area contributed by atoms with Gasteiger partial charge in [-0.25, -0.2) is 0 Å².